The molecule has 0 amide bonds. The van der Waals surface area contributed by atoms with E-state index in [1.54, 1.807) is 0 Å². The van der Waals surface area contributed by atoms with Crippen molar-refractivity contribution in [1.82, 2.24) is 14.7 Å². The van der Waals surface area contributed by atoms with Crippen LogP contribution in [0.15, 0.2) is 6.20 Å². The number of hydrogen-bond acceptors (Lipinski definition) is 3. The van der Waals surface area contributed by atoms with Gasteiger partial charge in [0.25, 0.3) is 0 Å². The van der Waals surface area contributed by atoms with Crippen molar-refractivity contribution in [1.29, 1.82) is 0 Å². The molecule has 0 aromatic carbocycles. The molecule has 1 atom stereocenters. The number of aromatic nitrogens is 2. The fraction of sp³-hybridized carbons (Fsp3) is 0.727. The Labute approximate surface area is 103 Å². The van der Waals surface area contributed by atoms with E-state index in [2.05, 4.69) is 16.9 Å². The second-order valence-electron chi connectivity index (χ2n) is 4.50. The molecule has 2 rings (SSSR count). The first-order valence-corrected chi connectivity index (χ1v) is 5.60. The predicted molar refractivity (Wildman–Crippen MR) is 67.6 cm³/mol. The minimum atomic E-state index is 0. The zero-order valence-corrected chi connectivity index (χ0v) is 10.8. The van der Waals surface area contributed by atoms with E-state index in [0.29, 0.717) is 5.92 Å². The molecule has 92 valence electrons. The van der Waals surface area contributed by atoms with Gasteiger partial charge in [0, 0.05) is 31.4 Å². The van der Waals surface area contributed by atoms with Crippen molar-refractivity contribution in [3.05, 3.63) is 17.5 Å². The second kappa shape index (κ2) is 5.66. The van der Waals surface area contributed by atoms with E-state index in [1.807, 2.05) is 17.9 Å². The fourth-order valence-electron chi connectivity index (χ4n) is 2.19. The molecular weight excluding hydrogens is 224 g/mol. The molecule has 0 bridgehead atoms. The third kappa shape index (κ3) is 2.75. The van der Waals surface area contributed by atoms with E-state index in [-0.39, 0.29) is 12.4 Å². The first-order valence-electron chi connectivity index (χ1n) is 5.60. The Kier molecular flexibility index (Phi) is 4.77. The number of aryl methyl sites for hydroxylation is 1. The summed E-state index contributed by atoms with van der Waals surface area (Å²) in [5.74, 6) is 0.696. The van der Waals surface area contributed by atoms with Crippen molar-refractivity contribution in [2.75, 3.05) is 19.6 Å². The SMILES string of the molecule is Cc1c(CN2CCC(CN)C2)cnn1C.Cl. The van der Waals surface area contributed by atoms with Gasteiger partial charge in [-0.2, -0.15) is 5.10 Å². The molecule has 1 aromatic rings. The summed E-state index contributed by atoms with van der Waals surface area (Å²) >= 11 is 0. The molecule has 1 aliphatic rings. The molecule has 2 heterocycles. The lowest BCUT2D eigenvalue weighted by molar-refractivity contribution is 0.317. The fourth-order valence-corrected chi connectivity index (χ4v) is 2.19. The van der Waals surface area contributed by atoms with Crippen molar-refractivity contribution in [3.63, 3.8) is 0 Å². The van der Waals surface area contributed by atoms with Crippen molar-refractivity contribution in [2.45, 2.75) is 19.9 Å². The normalized spacial score (nSPS) is 21.1. The molecule has 16 heavy (non-hydrogen) atoms. The lowest BCUT2D eigenvalue weighted by atomic mass is 10.1. The molecule has 2 N–H and O–H groups in total. The van der Waals surface area contributed by atoms with E-state index < -0.39 is 0 Å². The average molecular weight is 245 g/mol. The highest BCUT2D eigenvalue weighted by Gasteiger charge is 2.21. The van der Waals surface area contributed by atoms with Crippen LogP contribution in [0.1, 0.15) is 17.7 Å². The molecule has 0 spiro atoms. The Morgan fingerprint density at radius 2 is 2.31 bits per heavy atom. The third-order valence-electron chi connectivity index (χ3n) is 3.43. The Morgan fingerprint density at radius 1 is 1.56 bits per heavy atom. The summed E-state index contributed by atoms with van der Waals surface area (Å²) in [7, 11) is 1.99. The van der Waals surface area contributed by atoms with E-state index in [1.165, 1.54) is 24.2 Å². The summed E-state index contributed by atoms with van der Waals surface area (Å²) in [4.78, 5) is 2.47. The van der Waals surface area contributed by atoms with Gasteiger partial charge >= 0.3 is 0 Å². The van der Waals surface area contributed by atoms with Crippen molar-refractivity contribution >= 4 is 12.4 Å². The first kappa shape index (κ1) is 13.5. The summed E-state index contributed by atoms with van der Waals surface area (Å²) < 4.78 is 1.94. The maximum Gasteiger partial charge on any atom is 0.0537 e. The van der Waals surface area contributed by atoms with Crippen LogP contribution in [0.4, 0.5) is 0 Å². The number of hydrogen-bond donors (Lipinski definition) is 1. The molecule has 1 aromatic heterocycles. The van der Waals surface area contributed by atoms with Gasteiger partial charge < -0.3 is 5.73 Å². The van der Waals surface area contributed by atoms with Crippen LogP contribution >= 0.6 is 12.4 Å². The first-order chi connectivity index (χ1) is 7.20. The van der Waals surface area contributed by atoms with Crippen LogP contribution in [0, 0.1) is 12.8 Å². The number of rotatable bonds is 3. The van der Waals surface area contributed by atoms with E-state index in [9.17, 15) is 0 Å². The maximum atomic E-state index is 5.68. The molecule has 4 nitrogen and oxygen atoms in total. The number of nitrogens with two attached hydrogens (primary N) is 1. The van der Waals surface area contributed by atoms with Crippen LogP contribution in [-0.2, 0) is 13.6 Å². The van der Waals surface area contributed by atoms with Crippen LogP contribution in [0.2, 0.25) is 0 Å². The van der Waals surface area contributed by atoms with Crippen molar-refractivity contribution in [2.24, 2.45) is 18.7 Å². The molecule has 5 heteroatoms. The van der Waals surface area contributed by atoms with Gasteiger partial charge in [0.15, 0.2) is 0 Å². The monoisotopic (exact) mass is 244 g/mol. The largest absolute Gasteiger partial charge is 0.330 e. The van der Waals surface area contributed by atoms with E-state index >= 15 is 0 Å². The molecule has 1 saturated heterocycles. The third-order valence-corrected chi connectivity index (χ3v) is 3.43. The standard InChI is InChI=1S/C11H20N4.ClH/c1-9-11(6-13-14(9)2)8-15-4-3-10(5-12)7-15;/h6,10H,3-5,7-8,12H2,1-2H3;1H. The zero-order chi connectivity index (χ0) is 10.8. The number of likely N-dealkylation sites (tertiary alicyclic amines) is 1. The van der Waals surface area contributed by atoms with Gasteiger partial charge in [-0.25, -0.2) is 0 Å². The Balaban J connectivity index is 0.00000128. The molecule has 0 radical (unpaired) electrons. The predicted octanol–water partition coefficient (Wildman–Crippen LogP) is 0.931. The minimum Gasteiger partial charge on any atom is -0.330 e. The van der Waals surface area contributed by atoms with Gasteiger partial charge in [0.1, 0.15) is 0 Å². The Bertz CT molecular complexity index is 337. The van der Waals surface area contributed by atoms with Gasteiger partial charge in [-0.3, -0.25) is 9.58 Å². The minimum absolute atomic E-state index is 0. The Morgan fingerprint density at radius 3 is 2.81 bits per heavy atom. The molecule has 1 unspecified atom stereocenters. The maximum absolute atomic E-state index is 5.68. The summed E-state index contributed by atoms with van der Waals surface area (Å²) in [5, 5.41) is 4.26. The van der Waals surface area contributed by atoms with Crippen molar-refractivity contribution < 1.29 is 0 Å². The second-order valence-corrected chi connectivity index (χ2v) is 4.50. The van der Waals surface area contributed by atoms with Gasteiger partial charge in [0.2, 0.25) is 0 Å². The van der Waals surface area contributed by atoms with Gasteiger partial charge in [0.05, 0.1) is 6.20 Å². The highest BCUT2D eigenvalue weighted by molar-refractivity contribution is 5.85. The van der Waals surface area contributed by atoms with Crippen LogP contribution in [0.25, 0.3) is 0 Å². The molecule has 0 saturated carbocycles. The van der Waals surface area contributed by atoms with Gasteiger partial charge in [-0.05, 0) is 32.4 Å². The zero-order valence-electron chi connectivity index (χ0n) is 10.0. The Hall–Kier alpha value is -0.580. The lowest BCUT2D eigenvalue weighted by Gasteiger charge is -2.15. The van der Waals surface area contributed by atoms with Crippen LogP contribution in [-0.4, -0.2) is 34.3 Å². The smallest absolute Gasteiger partial charge is 0.0537 e. The van der Waals surface area contributed by atoms with Crippen LogP contribution in [0.5, 0.6) is 0 Å². The molecule has 1 fully saturated rings. The van der Waals surface area contributed by atoms with E-state index in [4.69, 9.17) is 5.73 Å². The van der Waals surface area contributed by atoms with E-state index in [0.717, 1.165) is 19.6 Å². The number of halogens is 1. The molecule has 0 aliphatic carbocycles. The molecule has 1 aliphatic heterocycles. The topological polar surface area (TPSA) is 47.1 Å². The highest BCUT2D eigenvalue weighted by Crippen LogP contribution is 2.18. The highest BCUT2D eigenvalue weighted by atomic mass is 35.5. The summed E-state index contributed by atoms with van der Waals surface area (Å²) in [6, 6.07) is 0. The summed E-state index contributed by atoms with van der Waals surface area (Å²) in [6.45, 7) is 6.29. The lowest BCUT2D eigenvalue weighted by Crippen LogP contribution is -2.23. The summed E-state index contributed by atoms with van der Waals surface area (Å²) in [5.41, 5.74) is 8.29. The quantitative estimate of drug-likeness (QED) is 0.861. The van der Waals surface area contributed by atoms with Crippen LogP contribution in [0.3, 0.4) is 0 Å². The molecular formula is C11H21ClN4. The summed E-state index contributed by atoms with van der Waals surface area (Å²) in [6.07, 6.45) is 3.22. The number of nitrogens with zero attached hydrogens (tertiary/aromatic N) is 3. The van der Waals surface area contributed by atoms with Crippen molar-refractivity contribution in [3.8, 4) is 0 Å². The van der Waals surface area contributed by atoms with Gasteiger partial charge in [-0.15, -0.1) is 12.4 Å². The van der Waals surface area contributed by atoms with Crippen LogP contribution < -0.4 is 5.73 Å². The average Bonchev–Trinajstić information content (AvgIpc) is 2.80. The van der Waals surface area contributed by atoms with Gasteiger partial charge in [-0.1, -0.05) is 0 Å².